The maximum absolute atomic E-state index is 5.93. The molecule has 6 nitrogen and oxygen atoms in total. The Balaban J connectivity index is 0.00000364. The number of aliphatic imine (C=N–C) groups is 1. The SMILES string of the molecule is CCc1nncn1CCNC(=NCCSC)NCCc1ccc(Cl)cc1.I. The lowest BCUT2D eigenvalue weighted by atomic mass is 10.1. The molecule has 0 unspecified atom stereocenters. The van der Waals surface area contributed by atoms with Crippen LogP contribution in [0.2, 0.25) is 5.02 Å². The van der Waals surface area contributed by atoms with Gasteiger partial charge < -0.3 is 15.2 Å². The van der Waals surface area contributed by atoms with Gasteiger partial charge in [0.15, 0.2) is 5.96 Å². The number of aryl methyl sites for hydroxylation is 1. The fraction of sp³-hybridized carbons (Fsp3) is 0.500. The van der Waals surface area contributed by atoms with Crippen molar-refractivity contribution < 1.29 is 0 Å². The van der Waals surface area contributed by atoms with Crippen molar-refractivity contribution in [2.45, 2.75) is 26.3 Å². The number of hydrogen-bond acceptors (Lipinski definition) is 4. The summed E-state index contributed by atoms with van der Waals surface area (Å²) in [5.41, 5.74) is 1.25. The Morgan fingerprint density at radius 3 is 2.67 bits per heavy atom. The van der Waals surface area contributed by atoms with E-state index in [0.29, 0.717) is 0 Å². The van der Waals surface area contributed by atoms with Crippen LogP contribution in [0.25, 0.3) is 0 Å². The summed E-state index contributed by atoms with van der Waals surface area (Å²) in [6.45, 7) is 5.29. The van der Waals surface area contributed by atoms with Crippen molar-refractivity contribution >= 4 is 53.3 Å². The second-order valence-corrected chi connectivity index (χ2v) is 7.17. The van der Waals surface area contributed by atoms with Crippen molar-refractivity contribution in [3.05, 3.63) is 47.0 Å². The molecule has 0 bridgehead atoms. The van der Waals surface area contributed by atoms with Crippen LogP contribution in [0, 0.1) is 0 Å². The fourth-order valence-corrected chi connectivity index (χ4v) is 2.83. The largest absolute Gasteiger partial charge is 0.356 e. The highest BCUT2D eigenvalue weighted by atomic mass is 127. The van der Waals surface area contributed by atoms with Crippen molar-refractivity contribution in [2.24, 2.45) is 4.99 Å². The summed E-state index contributed by atoms with van der Waals surface area (Å²) in [5, 5.41) is 15.6. The predicted octanol–water partition coefficient (Wildman–Crippen LogP) is 3.25. The quantitative estimate of drug-likeness (QED) is 0.217. The Hall–Kier alpha value is -1.000. The third-order valence-electron chi connectivity index (χ3n) is 3.84. The summed E-state index contributed by atoms with van der Waals surface area (Å²) in [4.78, 5) is 4.63. The second kappa shape index (κ2) is 14.1. The van der Waals surface area contributed by atoms with E-state index in [0.717, 1.165) is 61.6 Å². The Bertz CT molecular complexity index is 677. The van der Waals surface area contributed by atoms with E-state index >= 15 is 0 Å². The van der Waals surface area contributed by atoms with E-state index in [1.807, 2.05) is 12.1 Å². The lowest BCUT2D eigenvalue weighted by molar-refractivity contribution is 0.632. The maximum Gasteiger partial charge on any atom is 0.191 e. The smallest absolute Gasteiger partial charge is 0.191 e. The van der Waals surface area contributed by atoms with Crippen LogP contribution in [0.4, 0.5) is 0 Å². The lowest BCUT2D eigenvalue weighted by Crippen LogP contribution is -2.40. The van der Waals surface area contributed by atoms with E-state index in [2.05, 4.69) is 55.7 Å². The molecule has 2 aromatic rings. The van der Waals surface area contributed by atoms with Crippen LogP contribution in [0.15, 0.2) is 35.6 Å². The Morgan fingerprint density at radius 2 is 1.96 bits per heavy atom. The zero-order chi connectivity index (χ0) is 18.6. The van der Waals surface area contributed by atoms with Crippen LogP contribution in [-0.4, -0.2) is 52.4 Å². The highest BCUT2D eigenvalue weighted by molar-refractivity contribution is 14.0. The van der Waals surface area contributed by atoms with E-state index in [9.17, 15) is 0 Å². The monoisotopic (exact) mass is 522 g/mol. The van der Waals surface area contributed by atoms with E-state index < -0.39 is 0 Å². The third kappa shape index (κ3) is 9.16. The molecule has 0 fully saturated rings. The number of nitrogens with one attached hydrogen (secondary N) is 2. The van der Waals surface area contributed by atoms with E-state index in [1.165, 1.54) is 5.56 Å². The Morgan fingerprint density at radius 1 is 1.22 bits per heavy atom. The first-order chi connectivity index (χ1) is 12.7. The molecule has 0 spiro atoms. The number of hydrogen-bond donors (Lipinski definition) is 2. The average molecular weight is 523 g/mol. The molecule has 1 heterocycles. The first-order valence-electron chi connectivity index (χ1n) is 8.85. The molecular weight excluding hydrogens is 495 g/mol. The molecule has 0 aliphatic rings. The summed E-state index contributed by atoms with van der Waals surface area (Å²) < 4.78 is 2.07. The summed E-state index contributed by atoms with van der Waals surface area (Å²) in [6.07, 6.45) is 5.67. The van der Waals surface area contributed by atoms with E-state index in [4.69, 9.17) is 11.6 Å². The number of nitrogens with zero attached hydrogens (tertiary/aromatic N) is 4. The molecule has 1 aromatic carbocycles. The molecule has 9 heteroatoms. The van der Waals surface area contributed by atoms with Crippen LogP contribution in [0.3, 0.4) is 0 Å². The molecule has 0 amide bonds. The lowest BCUT2D eigenvalue weighted by Gasteiger charge is -2.13. The minimum atomic E-state index is 0. The van der Waals surface area contributed by atoms with Gasteiger partial charge >= 0.3 is 0 Å². The van der Waals surface area contributed by atoms with Gasteiger partial charge in [0.1, 0.15) is 12.2 Å². The standard InChI is InChI=1S/C18H27ClN6S.HI/c1-3-17-24-23-14-25(17)12-10-21-18(22-11-13-26-2)20-9-8-15-4-6-16(19)7-5-15;/h4-7,14H,3,8-13H2,1-2H3,(H2,20,21,22);1H. The number of benzene rings is 1. The van der Waals surface area contributed by atoms with Gasteiger partial charge in [-0.1, -0.05) is 30.7 Å². The van der Waals surface area contributed by atoms with Crippen LogP contribution in [0.1, 0.15) is 18.3 Å². The summed E-state index contributed by atoms with van der Waals surface area (Å²) in [5.74, 6) is 2.86. The predicted molar refractivity (Wildman–Crippen MR) is 127 cm³/mol. The van der Waals surface area contributed by atoms with Gasteiger partial charge in [-0.25, -0.2) is 0 Å². The fourth-order valence-electron chi connectivity index (χ4n) is 2.43. The number of rotatable bonds is 10. The van der Waals surface area contributed by atoms with Crippen LogP contribution in [-0.2, 0) is 19.4 Å². The first kappa shape index (κ1) is 24.0. The zero-order valence-electron chi connectivity index (χ0n) is 15.8. The van der Waals surface area contributed by atoms with E-state index in [-0.39, 0.29) is 24.0 Å². The second-order valence-electron chi connectivity index (χ2n) is 5.75. The zero-order valence-corrected chi connectivity index (χ0v) is 19.7. The number of thioether (sulfide) groups is 1. The molecule has 2 rings (SSSR count). The van der Waals surface area contributed by atoms with Gasteiger partial charge in [-0.05, 0) is 30.4 Å². The molecule has 0 aliphatic heterocycles. The Kier molecular flexibility index (Phi) is 12.5. The van der Waals surface area contributed by atoms with Crippen molar-refractivity contribution in [3.63, 3.8) is 0 Å². The number of aromatic nitrogens is 3. The summed E-state index contributed by atoms with van der Waals surface area (Å²) in [7, 11) is 0. The molecule has 0 aliphatic carbocycles. The van der Waals surface area contributed by atoms with Crippen LogP contribution < -0.4 is 10.6 Å². The number of guanidine groups is 1. The van der Waals surface area contributed by atoms with Crippen LogP contribution >= 0.6 is 47.3 Å². The molecule has 150 valence electrons. The van der Waals surface area contributed by atoms with Gasteiger partial charge in [0.25, 0.3) is 0 Å². The van der Waals surface area contributed by atoms with Gasteiger partial charge in [0.2, 0.25) is 0 Å². The van der Waals surface area contributed by atoms with Crippen molar-refractivity contribution in [2.75, 3.05) is 31.6 Å². The average Bonchev–Trinajstić information content (AvgIpc) is 3.10. The Labute approximate surface area is 188 Å². The van der Waals surface area contributed by atoms with Gasteiger partial charge in [0, 0.05) is 36.8 Å². The molecule has 2 N–H and O–H groups in total. The highest BCUT2D eigenvalue weighted by Gasteiger charge is 2.03. The van der Waals surface area contributed by atoms with Crippen LogP contribution in [0.5, 0.6) is 0 Å². The minimum Gasteiger partial charge on any atom is -0.356 e. The van der Waals surface area contributed by atoms with Gasteiger partial charge in [-0.2, -0.15) is 11.8 Å². The highest BCUT2D eigenvalue weighted by Crippen LogP contribution is 2.09. The maximum atomic E-state index is 5.93. The van der Waals surface area contributed by atoms with Gasteiger partial charge in [-0.15, -0.1) is 34.2 Å². The molecule has 0 radical (unpaired) electrons. The molecule has 1 aromatic heterocycles. The molecular formula is C18H28ClIN6S. The van der Waals surface area contributed by atoms with Crippen molar-refractivity contribution in [3.8, 4) is 0 Å². The summed E-state index contributed by atoms with van der Waals surface area (Å²) >= 11 is 7.73. The molecule has 0 saturated carbocycles. The van der Waals surface area contributed by atoms with Gasteiger partial charge in [-0.3, -0.25) is 4.99 Å². The third-order valence-corrected chi connectivity index (χ3v) is 4.68. The van der Waals surface area contributed by atoms with E-state index in [1.54, 1.807) is 18.1 Å². The van der Waals surface area contributed by atoms with Crippen molar-refractivity contribution in [1.29, 1.82) is 0 Å². The normalized spacial score (nSPS) is 11.1. The molecule has 0 saturated heterocycles. The molecule has 27 heavy (non-hydrogen) atoms. The topological polar surface area (TPSA) is 67.1 Å². The first-order valence-corrected chi connectivity index (χ1v) is 10.6. The van der Waals surface area contributed by atoms with Crippen molar-refractivity contribution in [1.82, 2.24) is 25.4 Å². The molecule has 0 atom stereocenters. The summed E-state index contributed by atoms with van der Waals surface area (Å²) in [6, 6.07) is 7.96. The number of halogens is 2. The van der Waals surface area contributed by atoms with Gasteiger partial charge in [0.05, 0.1) is 6.54 Å². The minimum absolute atomic E-state index is 0.